The van der Waals surface area contributed by atoms with Crippen molar-refractivity contribution in [2.45, 2.75) is 30.7 Å². The van der Waals surface area contributed by atoms with Crippen molar-refractivity contribution in [2.24, 2.45) is 0 Å². The molecule has 2 aromatic rings. The monoisotopic (exact) mass is 375 g/mol. The van der Waals surface area contributed by atoms with Crippen molar-refractivity contribution < 1.29 is 18.7 Å². The lowest BCUT2D eigenvalue weighted by Gasteiger charge is -2.18. The first kappa shape index (κ1) is 20.0. The summed E-state index contributed by atoms with van der Waals surface area (Å²) in [6.07, 6.45) is 1.71. The Labute approximate surface area is 157 Å². The van der Waals surface area contributed by atoms with Crippen LogP contribution in [0, 0.1) is 5.82 Å². The lowest BCUT2D eigenvalue weighted by molar-refractivity contribution is -0.146. The maximum Gasteiger partial charge on any atom is 0.316 e. The summed E-state index contributed by atoms with van der Waals surface area (Å²) in [7, 11) is 0. The summed E-state index contributed by atoms with van der Waals surface area (Å²) < 4.78 is 18.5. The largest absolute Gasteiger partial charge is 0.455 e. The second-order valence-corrected chi connectivity index (χ2v) is 6.72. The summed E-state index contributed by atoms with van der Waals surface area (Å²) in [4.78, 5) is 24.2. The van der Waals surface area contributed by atoms with E-state index < -0.39 is 5.97 Å². The van der Waals surface area contributed by atoms with Crippen LogP contribution in [0.4, 0.5) is 4.39 Å². The fraction of sp³-hybridized carbons (Fsp3) is 0.300. The summed E-state index contributed by atoms with van der Waals surface area (Å²) in [5.74, 6) is -1.34. The van der Waals surface area contributed by atoms with Crippen molar-refractivity contribution in [2.75, 3.05) is 12.4 Å². The topological polar surface area (TPSA) is 55.4 Å². The third kappa shape index (κ3) is 6.52. The quantitative estimate of drug-likeness (QED) is 0.529. The predicted octanol–water partition coefficient (Wildman–Crippen LogP) is 4.12. The van der Waals surface area contributed by atoms with Crippen molar-refractivity contribution >= 4 is 23.6 Å². The van der Waals surface area contributed by atoms with Gasteiger partial charge in [0, 0.05) is 4.90 Å². The molecule has 1 N–H and O–H groups in total. The molecule has 1 amide bonds. The first-order valence-corrected chi connectivity index (χ1v) is 9.46. The van der Waals surface area contributed by atoms with E-state index in [4.69, 9.17) is 4.74 Å². The van der Waals surface area contributed by atoms with E-state index in [-0.39, 0.29) is 30.1 Å². The van der Waals surface area contributed by atoms with Crippen LogP contribution in [0.5, 0.6) is 0 Å². The Morgan fingerprint density at radius 2 is 1.81 bits per heavy atom. The fourth-order valence-corrected chi connectivity index (χ4v) is 3.16. The Kier molecular flexibility index (Phi) is 8.15. The number of halogens is 1. The highest BCUT2D eigenvalue weighted by Gasteiger charge is 2.15. The number of hydrogen-bond donors (Lipinski definition) is 1. The Balaban J connectivity index is 1.78. The number of amides is 1. The molecule has 0 saturated heterocycles. The molecule has 0 saturated carbocycles. The van der Waals surface area contributed by atoms with Crippen LogP contribution in [0.2, 0.25) is 0 Å². The molecular formula is C20H22FNO3S. The molecule has 0 unspecified atom stereocenters. The third-order valence-corrected chi connectivity index (χ3v) is 4.68. The van der Waals surface area contributed by atoms with Crippen LogP contribution >= 0.6 is 11.8 Å². The zero-order valence-corrected chi connectivity index (χ0v) is 15.4. The summed E-state index contributed by atoms with van der Waals surface area (Å²) in [5, 5.41) is 2.89. The number of ether oxygens (including phenoxy) is 1. The van der Waals surface area contributed by atoms with E-state index in [9.17, 15) is 14.0 Å². The molecule has 4 nitrogen and oxygen atoms in total. The van der Waals surface area contributed by atoms with Gasteiger partial charge in [-0.15, -0.1) is 11.8 Å². The van der Waals surface area contributed by atoms with Crippen molar-refractivity contribution in [1.29, 1.82) is 0 Å². The van der Waals surface area contributed by atoms with Crippen molar-refractivity contribution in [3.8, 4) is 0 Å². The highest BCUT2D eigenvalue weighted by molar-refractivity contribution is 8.00. The molecule has 0 radical (unpaired) electrons. The molecule has 0 bridgehead atoms. The number of rotatable bonds is 9. The third-order valence-electron chi connectivity index (χ3n) is 3.66. The van der Waals surface area contributed by atoms with Crippen molar-refractivity contribution in [3.63, 3.8) is 0 Å². The zero-order valence-electron chi connectivity index (χ0n) is 14.6. The maximum atomic E-state index is 13.5. The van der Waals surface area contributed by atoms with E-state index >= 15 is 0 Å². The van der Waals surface area contributed by atoms with Gasteiger partial charge in [0.15, 0.2) is 6.61 Å². The van der Waals surface area contributed by atoms with E-state index in [0.717, 1.165) is 30.2 Å². The van der Waals surface area contributed by atoms with Gasteiger partial charge in [-0.1, -0.05) is 55.8 Å². The summed E-state index contributed by atoms with van der Waals surface area (Å²) in [6, 6.07) is 15.8. The molecule has 2 aromatic carbocycles. The van der Waals surface area contributed by atoms with Crippen molar-refractivity contribution in [1.82, 2.24) is 5.32 Å². The van der Waals surface area contributed by atoms with Gasteiger partial charge in [-0.25, -0.2) is 4.39 Å². The SMILES string of the molecule is CCC[C@@H](NC(=O)COC(=O)CSc1ccccc1F)c1ccccc1. The number of esters is 1. The van der Waals surface area contributed by atoms with Gasteiger partial charge in [-0.05, 0) is 24.1 Å². The van der Waals surface area contributed by atoms with E-state index in [1.54, 1.807) is 18.2 Å². The molecule has 0 aliphatic carbocycles. The normalized spacial score (nSPS) is 11.6. The lowest BCUT2D eigenvalue weighted by Crippen LogP contribution is -2.32. The van der Waals surface area contributed by atoms with Gasteiger partial charge in [0.2, 0.25) is 0 Å². The molecule has 1 atom stereocenters. The number of carbonyl (C=O) groups excluding carboxylic acids is 2. The van der Waals surface area contributed by atoms with Crippen LogP contribution in [0.1, 0.15) is 31.4 Å². The molecule has 6 heteroatoms. The predicted molar refractivity (Wildman–Crippen MR) is 100 cm³/mol. The molecule has 2 rings (SSSR count). The van der Waals surface area contributed by atoms with Gasteiger partial charge in [0.05, 0.1) is 11.8 Å². The Bertz CT molecular complexity index is 724. The van der Waals surface area contributed by atoms with Crippen LogP contribution in [0.3, 0.4) is 0 Å². The van der Waals surface area contributed by atoms with Crippen LogP contribution < -0.4 is 5.32 Å². The standard InChI is InChI=1S/C20H22FNO3S/c1-2-8-17(15-9-4-3-5-10-15)22-19(23)13-25-20(24)14-26-18-12-7-6-11-16(18)21/h3-7,9-12,17H,2,8,13-14H2,1H3,(H,22,23)/t17-/m1/s1. The van der Waals surface area contributed by atoms with Crippen LogP contribution in [-0.2, 0) is 14.3 Å². The minimum absolute atomic E-state index is 0.0503. The molecule has 0 fully saturated rings. The van der Waals surface area contributed by atoms with Gasteiger partial charge in [-0.3, -0.25) is 9.59 Å². The Morgan fingerprint density at radius 3 is 2.50 bits per heavy atom. The second-order valence-electron chi connectivity index (χ2n) is 5.70. The molecule has 0 aliphatic heterocycles. The number of nitrogens with one attached hydrogen (secondary N) is 1. The molecule has 0 aliphatic rings. The Hall–Kier alpha value is -2.34. The van der Waals surface area contributed by atoms with Gasteiger partial charge >= 0.3 is 5.97 Å². The van der Waals surface area contributed by atoms with Crippen molar-refractivity contribution in [3.05, 3.63) is 66.0 Å². The molecule has 0 spiro atoms. The van der Waals surface area contributed by atoms with Gasteiger partial charge in [-0.2, -0.15) is 0 Å². The molecular weight excluding hydrogens is 353 g/mol. The van der Waals surface area contributed by atoms with E-state index in [0.29, 0.717) is 4.90 Å². The minimum atomic E-state index is -0.555. The number of hydrogen-bond acceptors (Lipinski definition) is 4. The average Bonchev–Trinajstić information content (AvgIpc) is 2.66. The van der Waals surface area contributed by atoms with Crippen LogP contribution in [0.15, 0.2) is 59.5 Å². The summed E-state index contributed by atoms with van der Waals surface area (Å²) >= 11 is 1.04. The van der Waals surface area contributed by atoms with E-state index in [1.807, 2.05) is 37.3 Å². The molecule has 0 aromatic heterocycles. The van der Waals surface area contributed by atoms with Crippen LogP contribution in [0.25, 0.3) is 0 Å². The lowest BCUT2D eigenvalue weighted by atomic mass is 10.0. The smallest absolute Gasteiger partial charge is 0.316 e. The summed E-state index contributed by atoms with van der Waals surface area (Å²) in [5.41, 5.74) is 1.02. The molecule has 0 heterocycles. The average molecular weight is 375 g/mol. The Morgan fingerprint density at radius 1 is 1.12 bits per heavy atom. The molecule has 138 valence electrons. The van der Waals surface area contributed by atoms with Crippen LogP contribution in [-0.4, -0.2) is 24.2 Å². The summed E-state index contributed by atoms with van der Waals surface area (Å²) in [6.45, 7) is 1.70. The number of carbonyl (C=O) groups is 2. The molecule has 26 heavy (non-hydrogen) atoms. The van der Waals surface area contributed by atoms with E-state index in [1.165, 1.54) is 6.07 Å². The van der Waals surface area contributed by atoms with E-state index in [2.05, 4.69) is 5.32 Å². The highest BCUT2D eigenvalue weighted by Crippen LogP contribution is 2.21. The number of benzene rings is 2. The van der Waals surface area contributed by atoms with Gasteiger partial charge < -0.3 is 10.1 Å². The number of thioether (sulfide) groups is 1. The first-order valence-electron chi connectivity index (χ1n) is 8.47. The van der Waals surface area contributed by atoms with Gasteiger partial charge in [0.1, 0.15) is 5.82 Å². The van der Waals surface area contributed by atoms with Gasteiger partial charge in [0.25, 0.3) is 5.91 Å². The second kappa shape index (κ2) is 10.6. The highest BCUT2D eigenvalue weighted by atomic mass is 32.2. The zero-order chi connectivity index (χ0) is 18.8. The minimum Gasteiger partial charge on any atom is -0.455 e. The first-order chi connectivity index (χ1) is 12.6. The fourth-order valence-electron chi connectivity index (χ4n) is 2.42. The maximum absolute atomic E-state index is 13.5.